The Hall–Kier alpha value is -1.71. The topological polar surface area (TPSA) is 75.4 Å². The SMILES string of the molecule is CCCCCCCCCCNC(=O)c1cccc(N)c1O. The molecule has 0 aliphatic heterocycles. The molecule has 0 spiro atoms. The smallest absolute Gasteiger partial charge is 0.255 e. The van der Waals surface area contributed by atoms with Gasteiger partial charge in [0.05, 0.1) is 11.3 Å². The van der Waals surface area contributed by atoms with E-state index in [2.05, 4.69) is 12.2 Å². The van der Waals surface area contributed by atoms with E-state index in [0.717, 1.165) is 12.8 Å². The Kier molecular flexibility index (Phi) is 8.32. The molecule has 0 unspecified atom stereocenters. The lowest BCUT2D eigenvalue weighted by Gasteiger charge is -2.08. The molecule has 0 fully saturated rings. The number of hydrogen-bond donors (Lipinski definition) is 3. The van der Waals surface area contributed by atoms with E-state index in [9.17, 15) is 9.90 Å². The molecule has 4 N–H and O–H groups in total. The van der Waals surface area contributed by atoms with Crippen LogP contribution < -0.4 is 11.1 Å². The minimum absolute atomic E-state index is 0.133. The van der Waals surface area contributed by atoms with Gasteiger partial charge in [-0.2, -0.15) is 0 Å². The van der Waals surface area contributed by atoms with E-state index in [0.29, 0.717) is 6.54 Å². The maximum atomic E-state index is 11.9. The molecule has 4 heteroatoms. The van der Waals surface area contributed by atoms with Crippen LogP contribution in [0.2, 0.25) is 0 Å². The molecule has 0 atom stereocenters. The van der Waals surface area contributed by atoms with Crippen LogP contribution in [0, 0.1) is 0 Å². The molecule has 1 aromatic carbocycles. The predicted octanol–water partition coefficient (Wildman–Crippen LogP) is 3.84. The molecule has 0 heterocycles. The maximum Gasteiger partial charge on any atom is 0.255 e. The summed E-state index contributed by atoms with van der Waals surface area (Å²) in [6, 6.07) is 4.82. The highest BCUT2D eigenvalue weighted by Crippen LogP contribution is 2.24. The summed E-state index contributed by atoms with van der Waals surface area (Å²) in [7, 11) is 0. The molecule has 0 aliphatic carbocycles. The molecular weight excluding hydrogens is 264 g/mol. The van der Waals surface area contributed by atoms with Crippen LogP contribution in [0.25, 0.3) is 0 Å². The number of aromatic hydroxyl groups is 1. The van der Waals surface area contributed by atoms with Crippen LogP contribution in [-0.4, -0.2) is 17.6 Å². The van der Waals surface area contributed by atoms with Crippen molar-refractivity contribution < 1.29 is 9.90 Å². The molecule has 0 radical (unpaired) electrons. The van der Waals surface area contributed by atoms with Gasteiger partial charge >= 0.3 is 0 Å². The number of nitrogens with one attached hydrogen (secondary N) is 1. The van der Waals surface area contributed by atoms with Gasteiger partial charge in [-0.05, 0) is 18.6 Å². The van der Waals surface area contributed by atoms with Gasteiger partial charge in [-0.15, -0.1) is 0 Å². The number of hydrogen-bond acceptors (Lipinski definition) is 3. The van der Waals surface area contributed by atoms with Crippen molar-refractivity contribution in [2.24, 2.45) is 0 Å². The first-order valence-electron chi connectivity index (χ1n) is 8.02. The summed E-state index contributed by atoms with van der Waals surface area (Å²) >= 11 is 0. The maximum absolute atomic E-state index is 11.9. The van der Waals surface area contributed by atoms with E-state index in [4.69, 9.17) is 5.73 Å². The number of nitrogens with two attached hydrogens (primary N) is 1. The zero-order valence-corrected chi connectivity index (χ0v) is 13.0. The fourth-order valence-corrected chi connectivity index (χ4v) is 2.30. The van der Waals surface area contributed by atoms with E-state index in [1.165, 1.54) is 38.5 Å². The van der Waals surface area contributed by atoms with Crippen molar-refractivity contribution in [2.45, 2.75) is 58.3 Å². The third-order valence-electron chi connectivity index (χ3n) is 3.63. The molecule has 1 rings (SSSR count). The van der Waals surface area contributed by atoms with E-state index in [-0.39, 0.29) is 22.9 Å². The second-order valence-electron chi connectivity index (χ2n) is 5.47. The minimum atomic E-state index is -0.261. The Morgan fingerprint density at radius 3 is 2.38 bits per heavy atom. The fourth-order valence-electron chi connectivity index (χ4n) is 2.30. The van der Waals surface area contributed by atoms with Crippen LogP contribution in [0.15, 0.2) is 18.2 Å². The van der Waals surface area contributed by atoms with Crippen molar-refractivity contribution in [1.29, 1.82) is 0 Å². The van der Waals surface area contributed by atoms with Crippen LogP contribution in [0.1, 0.15) is 68.6 Å². The molecular formula is C17H28N2O2. The Labute approximate surface area is 127 Å². The lowest BCUT2D eigenvalue weighted by Crippen LogP contribution is -2.24. The molecule has 118 valence electrons. The minimum Gasteiger partial charge on any atom is -0.505 e. The Balaban J connectivity index is 2.13. The second-order valence-corrected chi connectivity index (χ2v) is 5.47. The molecule has 1 amide bonds. The standard InChI is InChI=1S/C17H28N2O2/c1-2-3-4-5-6-7-8-9-13-19-17(21)14-11-10-12-15(18)16(14)20/h10-12,20H,2-9,13,18H2,1H3,(H,19,21). The number of anilines is 1. The lowest BCUT2D eigenvalue weighted by atomic mass is 10.1. The summed E-state index contributed by atoms with van der Waals surface area (Å²) in [6.45, 7) is 2.86. The largest absolute Gasteiger partial charge is 0.505 e. The molecule has 1 aromatic rings. The number of carbonyl (C=O) groups is 1. The van der Waals surface area contributed by atoms with Crippen molar-refractivity contribution in [3.05, 3.63) is 23.8 Å². The van der Waals surface area contributed by atoms with Crippen molar-refractivity contribution in [3.63, 3.8) is 0 Å². The highest BCUT2D eigenvalue weighted by atomic mass is 16.3. The van der Waals surface area contributed by atoms with Gasteiger partial charge in [0.15, 0.2) is 5.75 Å². The van der Waals surface area contributed by atoms with Gasteiger partial charge in [0.2, 0.25) is 0 Å². The number of rotatable bonds is 10. The van der Waals surface area contributed by atoms with Gasteiger partial charge in [-0.25, -0.2) is 0 Å². The molecule has 4 nitrogen and oxygen atoms in total. The van der Waals surface area contributed by atoms with Gasteiger partial charge in [0, 0.05) is 6.54 Å². The number of amides is 1. The average molecular weight is 292 g/mol. The summed E-state index contributed by atoms with van der Waals surface area (Å²) in [6.07, 6.45) is 9.88. The molecule has 0 bridgehead atoms. The summed E-state index contributed by atoms with van der Waals surface area (Å²) < 4.78 is 0. The van der Waals surface area contributed by atoms with Gasteiger partial charge in [0.25, 0.3) is 5.91 Å². The fraction of sp³-hybridized carbons (Fsp3) is 0.588. The van der Waals surface area contributed by atoms with Gasteiger partial charge in [0.1, 0.15) is 0 Å². The number of nitrogen functional groups attached to an aromatic ring is 1. The van der Waals surface area contributed by atoms with Crippen molar-refractivity contribution in [2.75, 3.05) is 12.3 Å². The van der Waals surface area contributed by atoms with Crippen LogP contribution in [0.5, 0.6) is 5.75 Å². The normalized spacial score (nSPS) is 10.5. The van der Waals surface area contributed by atoms with Crippen LogP contribution in [0.3, 0.4) is 0 Å². The van der Waals surface area contributed by atoms with E-state index in [1.54, 1.807) is 18.2 Å². The van der Waals surface area contributed by atoms with Crippen molar-refractivity contribution >= 4 is 11.6 Å². The second kappa shape index (κ2) is 10.1. The quantitative estimate of drug-likeness (QED) is 0.348. The van der Waals surface area contributed by atoms with E-state index in [1.807, 2.05) is 0 Å². The zero-order valence-electron chi connectivity index (χ0n) is 13.0. The number of unbranched alkanes of at least 4 members (excludes halogenated alkanes) is 7. The van der Waals surface area contributed by atoms with Gasteiger partial charge in [-0.3, -0.25) is 4.79 Å². The first kappa shape index (κ1) is 17.3. The van der Waals surface area contributed by atoms with E-state index >= 15 is 0 Å². The first-order chi connectivity index (χ1) is 10.2. The molecule has 0 saturated carbocycles. The lowest BCUT2D eigenvalue weighted by molar-refractivity contribution is 0.0950. The van der Waals surface area contributed by atoms with Crippen LogP contribution in [0.4, 0.5) is 5.69 Å². The summed E-state index contributed by atoms with van der Waals surface area (Å²) in [5, 5.41) is 12.5. The van der Waals surface area contributed by atoms with Gasteiger partial charge in [-0.1, -0.05) is 57.9 Å². The van der Waals surface area contributed by atoms with Gasteiger partial charge < -0.3 is 16.2 Å². The van der Waals surface area contributed by atoms with E-state index < -0.39 is 0 Å². The zero-order chi connectivity index (χ0) is 15.5. The molecule has 0 aliphatic rings. The molecule has 21 heavy (non-hydrogen) atoms. The Morgan fingerprint density at radius 2 is 1.71 bits per heavy atom. The summed E-state index contributed by atoms with van der Waals surface area (Å²) in [5.74, 6) is -0.395. The third-order valence-corrected chi connectivity index (χ3v) is 3.63. The number of para-hydroxylation sites is 1. The third kappa shape index (κ3) is 6.52. The number of phenols is 1. The number of carbonyl (C=O) groups excluding carboxylic acids is 1. The molecule has 0 saturated heterocycles. The number of phenolic OH excluding ortho intramolecular Hbond substituents is 1. The average Bonchev–Trinajstić information content (AvgIpc) is 2.48. The highest BCUT2D eigenvalue weighted by Gasteiger charge is 2.11. The van der Waals surface area contributed by atoms with Crippen LogP contribution >= 0.6 is 0 Å². The van der Waals surface area contributed by atoms with Crippen molar-refractivity contribution in [3.8, 4) is 5.75 Å². The Morgan fingerprint density at radius 1 is 1.10 bits per heavy atom. The Bertz CT molecular complexity index is 433. The first-order valence-corrected chi connectivity index (χ1v) is 8.02. The predicted molar refractivity (Wildman–Crippen MR) is 87.5 cm³/mol. The van der Waals surface area contributed by atoms with Crippen molar-refractivity contribution in [1.82, 2.24) is 5.32 Å². The summed E-state index contributed by atoms with van der Waals surface area (Å²) in [4.78, 5) is 11.9. The summed E-state index contributed by atoms with van der Waals surface area (Å²) in [5.41, 5.74) is 6.05. The number of benzene rings is 1. The monoisotopic (exact) mass is 292 g/mol. The van der Waals surface area contributed by atoms with Crippen LogP contribution in [-0.2, 0) is 0 Å². The molecule has 0 aromatic heterocycles. The highest BCUT2D eigenvalue weighted by molar-refractivity contribution is 5.98.